The highest BCUT2D eigenvalue weighted by atomic mass is 35.5. The monoisotopic (exact) mass is 403 g/mol. The summed E-state index contributed by atoms with van der Waals surface area (Å²) in [5.74, 6) is 0.0965. The van der Waals surface area contributed by atoms with Gasteiger partial charge in [0.25, 0.3) is 0 Å². The zero-order chi connectivity index (χ0) is 19.1. The van der Waals surface area contributed by atoms with Gasteiger partial charge < -0.3 is 10.1 Å². The Labute approximate surface area is 170 Å². The predicted molar refractivity (Wildman–Crippen MR) is 113 cm³/mol. The second kappa shape index (κ2) is 9.63. The molecule has 1 saturated heterocycles. The van der Waals surface area contributed by atoms with Gasteiger partial charge in [0.05, 0.1) is 5.25 Å². The number of hydrogen-bond donors (Lipinski definition) is 1. The van der Waals surface area contributed by atoms with E-state index in [1.807, 2.05) is 30.3 Å². The van der Waals surface area contributed by atoms with Crippen molar-refractivity contribution in [2.24, 2.45) is 0 Å². The van der Waals surface area contributed by atoms with Crippen LogP contribution in [0.1, 0.15) is 31.7 Å². The molecule has 1 heterocycles. The molecule has 1 aliphatic rings. The fraction of sp³-hybridized carbons (Fsp3) is 0.409. The van der Waals surface area contributed by atoms with E-state index < -0.39 is 0 Å². The van der Waals surface area contributed by atoms with Gasteiger partial charge in [0, 0.05) is 35.1 Å². The number of halogens is 1. The molecule has 1 N–H and O–H groups in total. The van der Waals surface area contributed by atoms with E-state index in [1.165, 1.54) is 5.56 Å². The largest absolute Gasteiger partial charge is 0.381 e. The van der Waals surface area contributed by atoms with Crippen LogP contribution < -0.4 is 5.32 Å². The standard InChI is InChI=1S/C22H26ClNO2S/c1-2-20(27-19-10-8-18(23)9-11-19)21(25)24-16-22(12-14-26-15-13-22)17-6-4-3-5-7-17/h3-11,20H,2,12-16H2,1H3,(H,24,25)/t20-/m0/s1. The highest BCUT2D eigenvalue weighted by molar-refractivity contribution is 8.00. The highest BCUT2D eigenvalue weighted by Crippen LogP contribution is 2.34. The summed E-state index contributed by atoms with van der Waals surface area (Å²) < 4.78 is 5.58. The lowest BCUT2D eigenvalue weighted by atomic mass is 9.74. The van der Waals surface area contributed by atoms with Gasteiger partial charge in [0.15, 0.2) is 0 Å². The molecule has 5 heteroatoms. The quantitative estimate of drug-likeness (QED) is 0.655. The summed E-state index contributed by atoms with van der Waals surface area (Å²) in [6.45, 7) is 4.18. The van der Waals surface area contributed by atoms with Crippen molar-refractivity contribution in [2.45, 2.75) is 41.7 Å². The van der Waals surface area contributed by atoms with Crippen LogP contribution in [0.15, 0.2) is 59.5 Å². The Morgan fingerprint density at radius 1 is 1.15 bits per heavy atom. The first-order valence-corrected chi connectivity index (χ1v) is 10.7. The third-order valence-electron chi connectivity index (χ3n) is 5.19. The molecule has 3 nitrogen and oxygen atoms in total. The Morgan fingerprint density at radius 3 is 2.44 bits per heavy atom. The number of amides is 1. The molecule has 2 aromatic carbocycles. The second-order valence-electron chi connectivity index (χ2n) is 6.95. The van der Waals surface area contributed by atoms with Gasteiger partial charge in [-0.1, -0.05) is 48.9 Å². The molecule has 0 saturated carbocycles. The van der Waals surface area contributed by atoms with Crippen molar-refractivity contribution in [3.63, 3.8) is 0 Å². The zero-order valence-corrected chi connectivity index (χ0v) is 17.2. The van der Waals surface area contributed by atoms with Gasteiger partial charge in [-0.25, -0.2) is 0 Å². The van der Waals surface area contributed by atoms with Gasteiger partial charge >= 0.3 is 0 Å². The summed E-state index contributed by atoms with van der Waals surface area (Å²) in [5, 5.41) is 3.83. The molecule has 0 aromatic heterocycles. The highest BCUT2D eigenvalue weighted by Gasteiger charge is 2.35. The lowest BCUT2D eigenvalue weighted by Crippen LogP contribution is -2.46. The molecular formula is C22H26ClNO2S. The molecule has 1 amide bonds. The first kappa shape index (κ1) is 20.2. The summed E-state index contributed by atoms with van der Waals surface area (Å²) in [5.41, 5.74) is 1.24. The van der Waals surface area contributed by atoms with Crippen LogP contribution in [0, 0.1) is 0 Å². The third-order valence-corrected chi connectivity index (χ3v) is 6.82. The van der Waals surface area contributed by atoms with Gasteiger partial charge in [-0.3, -0.25) is 4.79 Å². The first-order chi connectivity index (χ1) is 13.1. The fourth-order valence-corrected chi connectivity index (χ4v) is 4.60. The van der Waals surface area contributed by atoms with Gasteiger partial charge in [0.2, 0.25) is 5.91 Å². The molecule has 144 valence electrons. The van der Waals surface area contributed by atoms with Gasteiger partial charge in [-0.05, 0) is 49.1 Å². The Hall–Kier alpha value is -1.49. The zero-order valence-electron chi connectivity index (χ0n) is 15.6. The molecule has 0 spiro atoms. The van der Waals surface area contributed by atoms with Crippen molar-refractivity contribution in [2.75, 3.05) is 19.8 Å². The van der Waals surface area contributed by atoms with Gasteiger partial charge in [0.1, 0.15) is 0 Å². The number of nitrogens with one attached hydrogen (secondary N) is 1. The van der Waals surface area contributed by atoms with E-state index >= 15 is 0 Å². The average molecular weight is 404 g/mol. The topological polar surface area (TPSA) is 38.3 Å². The number of benzene rings is 2. The average Bonchev–Trinajstić information content (AvgIpc) is 2.73. The molecule has 0 radical (unpaired) electrons. The fourth-order valence-electron chi connectivity index (χ4n) is 3.49. The second-order valence-corrected chi connectivity index (χ2v) is 8.66. The molecule has 0 unspecified atom stereocenters. The number of carbonyl (C=O) groups is 1. The Bertz CT molecular complexity index is 730. The summed E-state index contributed by atoms with van der Waals surface area (Å²) >= 11 is 7.55. The number of thioether (sulfide) groups is 1. The van der Waals surface area contributed by atoms with E-state index in [4.69, 9.17) is 16.3 Å². The SMILES string of the molecule is CC[C@H](Sc1ccc(Cl)cc1)C(=O)NCC1(c2ccccc2)CCOCC1. The maximum absolute atomic E-state index is 12.9. The van der Waals surface area contributed by atoms with Crippen LogP contribution >= 0.6 is 23.4 Å². The predicted octanol–water partition coefficient (Wildman–Crippen LogP) is 5.08. The minimum atomic E-state index is -0.112. The van der Waals surface area contributed by atoms with Crippen LogP contribution in [-0.2, 0) is 14.9 Å². The van der Waals surface area contributed by atoms with Crippen molar-refractivity contribution < 1.29 is 9.53 Å². The van der Waals surface area contributed by atoms with E-state index in [9.17, 15) is 4.79 Å². The lowest BCUT2D eigenvalue weighted by molar-refractivity contribution is -0.121. The van der Waals surface area contributed by atoms with Crippen LogP contribution in [0.2, 0.25) is 5.02 Å². The summed E-state index contributed by atoms with van der Waals surface area (Å²) in [6, 6.07) is 18.2. The molecule has 3 rings (SSSR count). The molecule has 27 heavy (non-hydrogen) atoms. The van der Waals surface area contributed by atoms with Crippen LogP contribution in [0.3, 0.4) is 0 Å². The molecule has 0 aliphatic carbocycles. The summed E-state index contributed by atoms with van der Waals surface area (Å²) in [4.78, 5) is 13.9. The van der Waals surface area contributed by atoms with Crippen LogP contribution in [0.5, 0.6) is 0 Å². The number of hydrogen-bond acceptors (Lipinski definition) is 3. The first-order valence-electron chi connectivity index (χ1n) is 9.46. The molecule has 0 bridgehead atoms. The van der Waals surface area contributed by atoms with Gasteiger partial charge in [-0.2, -0.15) is 0 Å². The van der Waals surface area contributed by atoms with Gasteiger partial charge in [-0.15, -0.1) is 11.8 Å². The van der Waals surface area contributed by atoms with Crippen molar-refractivity contribution in [1.29, 1.82) is 0 Å². The van der Waals surface area contributed by atoms with E-state index in [1.54, 1.807) is 11.8 Å². The molecule has 2 aromatic rings. The number of ether oxygens (including phenoxy) is 1. The minimum Gasteiger partial charge on any atom is -0.381 e. The number of carbonyl (C=O) groups excluding carboxylic acids is 1. The van der Waals surface area contributed by atoms with E-state index in [0.29, 0.717) is 11.6 Å². The maximum atomic E-state index is 12.9. The van der Waals surface area contributed by atoms with Crippen molar-refractivity contribution in [3.8, 4) is 0 Å². The Morgan fingerprint density at radius 2 is 1.81 bits per heavy atom. The Kier molecular flexibility index (Phi) is 7.22. The summed E-state index contributed by atoms with van der Waals surface area (Å²) in [6.07, 6.45) is 2.64. The smallest absolute Gasteiger partial charge is 0.233 e. The number of rotatable bonds is 7. The summed E-state index contributed by atoms with van der Waals surface area (Å²) in [7, 11) is 0. The van der Waals surface area contributed by atoms with Crippen LogP contribution in [-0.4, -0.2) is 30.9 Å². The third kappa shape index (κ3) is 5.28. The van der Waals surface area contributed by atoms with E-state index in [2.05, 4.69) is 36.5 Å². The lowest BCUT2D eigenvalue weighted by Gasteiger charge is -2.38. The van der Waals surface area contributed by atoms with E-state index in [-0.39, 0.29) is 16.6 Å². The molecule has 1 aliphatic heterocycles. The maximum Gasteiger partial charge on any atom is 0.233 e. The van der Waals surface area contributed by atoms with Crippen molar-refractivity contribution in [1.82, 2.24) is 5.32 Å². The normalized spacial score (nSPS) is 17.3. The molecular weight excluding hydrogens is 378 g/mol. The van der Waals surface area contributed by atoms with Crippen molar-refractivity contribution in [3.05, 3.63) is 65.2 Å². The van der Waals surface area contributed by atoms with E-state index in [0.717, 1.165) is 37.4 Å². The molecule has 1 fully saturated rings. The van der Waals surface area contributed by atoms with Crippen LogP contribution in [0.25, 0.3) is 0 Å². The minimum absolute atomic E-state index is 0.0433. The molecule has 1 atom stereocenters. The van der Waals surface area contributed by atoms with Crippen molar-refractivity contribution >= 4 is 29.3 Å². The Balaban J connectivity index is 1.66. The van der Waals surface area contributed by atoms with Crippen LogP contribution in [0.4, 0.5) is 0 Å².